The Morgan fingerprint density at radius 2 is 2.11 bits per heavy atom. The highest BCUT2D eigenvalue weighted by Crippen LogP contribution is 2.27. The molecule has 0 amide bonds. The molecule has 18 heavy (non-hydrogen) atoms. The Morgan fingerprint density at radius 3 is 2.94 bits per heavy atom. The summed E-state index contributed by atoms with van der Waals surface area (Å²) in [6.07, 6.45) is 5.05. The van der Waals surface area contributed by atoms with Gasteiger partial charge in [-0.25, -0.2) is 0 Å². The van der Waals surface area contributed by atoms with E-state index < -0.39 is 0 Å². The van der Waals surface area contributed by atoms with Gasteiger partial charge < -0.3 is 5.11 Å². The van der Waals surface area contributed by atoms with Crippen LogP contribution in [0.2, 0.25) is 0 Å². The zero-order valence-electron chi connectivity index (χ0n) is 11.2. The van der Waals surface area contributed by atoms with Crippen molar-refractivity contribution in [3.8, 4) is 0 Å². The highest BCUT2D eigenvalue weighted by Gasteiger charge is 2.30. The Hall–Kier alpha value is -0.860. The molecular weight excluding hydrogens is 222 g/mol. The van der Waals surface area contributed by atoms with Crippen LogP contribution < -0.4 is 0 Å². The lowest BCUT2D eigenvalue weighted by Crippen LogP contribution is -2.34. The van der Waals surface area contributed by atoms with Crippen LogP contribution in [-0.4, -0.2) is 29.2 Å². The van der Waals surface area contributed by atoms with Crippen molar-refractivity contribution < 1.29 is 5.11 Å². The van der Waals surface area contributed by atoms with E-state index in [1.165, 1.54) is 31.2 Å². The zero-order valence-corrected chi connectivity index (χ0v) is 11.2. The molecule has 98 valence electrons. The molecule has 1 N–H and O–H groups in total. The van der Waals surface area contributed by atoms with E-state index in [1.807, 2.05) is 0 Å². The van der Waals surface area contributed by atoms with Gasteiger partial charge in [0.15, 0.2) is 0 Å². The minimum Gasteiger partial charge on any atom is -0.395 e. The summed E-state index contributed by atoms with van der Waals surface area (Å²) in [7, 11) is 0. The highest BCUT2D eigenvalue weighted by molar-refractivity contribution is 5.35. The van der Waals surface area contributed by atoms with Gasteiger partial charge in [0.2, 0.25) is 0 Å². The molecule has 2 unspecified atom stereocenters. The fraction of sp³-hybridized carbons (Fsp3) is 0.625. The van der Waals surface area contributed by atoms with Crippen molar-refractivity contribution in [2.24, 2.45) is 5.92 Å². The lowest BCUT2D eigenvalue weighted by atomic mass is 10.0. The molecule has 1 fully saturated rings. The number of benzene rings is 1. The minimum atomic E-state index is 0.298. The summed E-state index contributed by atoms with van der Waals surface area (Å²) in [4.78, 5) is 2.45. The number of hydrogen-bond acceptors (Lipinski definition) is 2. The van der Waals surface area contributed by atoms with E-state index in [0.29, 0.717) is 18.6 Å². The average molecular weight is 245 g/mol. The van der Waals surface area contributed by atoms with Crippen LogP contribution in [0.4, 0.5) is 0 Å². The number of nitrogens with zero attached hydrogens (tertiary/aromatic N) is 1. The predicted octanol–water partition coefficient (Wildman–Crippen LogP) is 2.38. The number of aliphatic hydroxyl groups is 1. The van der Waals surface area contributed by atoms with Gasteiger partial charge in [-0.3, -0.25) is 4.90 Å². The molecular formula is C16H23NO. The molecule has 1 aliphatic heterocycles. The molecule has 2 heteroatoms. The Morgan fingerprint density at radius 1 is 1.28 bits per heavy atom. The molecule has 0 saturated carbocycles. The molecule has 1 saturated heterocycles. The van der Waals surface area contributed by atoms with Crippen molar-refractivity contribution in [2.75, 3.05) is 13.2 Å². The maximum atomic E-state index is 9.50. The van der Waals surface area contributed by atoms with Crippen molar-refractivity contribution in [2.45, 2.75) is 45.2 Å². The van der Waals surface area contributed by atoms with Gasteiger partial charge in [-0.05, 0) is 54.8 Å². The van der Waals surface area contributed by atoms with Crippen LogP contribution in [0.1, 0.15) is 36.5 Å². The zero-order chi connectivity index (χ0) is 12.5. The van der Waals surface area contributed by atoms with E-state index in [-0.39, 0.29) is 0 Å². The van der Waals surface area contributed by atoms with Crippen molar-refractivity contribution in [3.63, 3.8) is 0 Å². The SMILES string of the molecule is CC1CCN(Cc2ccc3c(c2)CCC3)C1CO. The number of likely N-dealkylation sites (tertiary alicyclic amines) is 1. The first-order chi connectivity index (χ1) is 8.78. The molecule has 3 rings (SSSR count). The fourth-order valence-corrected chi connectivity index (χ4v) is 3.54. The third-order valence-corrected chi connectivity index (χ3v) is 4.73. The summed E-state index contributed by atoms with van der Waals surface area (Å²) in [5.74, 6) is 0.629. The molecule has 0 spiro atoms. The van der Waals surface area contributed by atoms with Gasteiger partial charge >= 0.3 is 0 Å². The van der Waals surface area contributed by atoms with Gasteiger partial charge in [0.05, 0.1) is 6.61 Å². The van der Waals surface area contributed by atoms with E-state index in [1.54, 1.807) is 11.1 Å². The van der Waals surface area contributed by atoms with Gasteiger partial charge in [-0.2, -0.15) is 0 Å². The number of aryl methyl sites for hydroxylation is 2. The lowest BCUT2D eigenvalue weighted by molar-refractivity contribution is 0.134. The molecule has 0 bridgehead atoms. The minimum absolute atomic E-state index is 0.298. The van der Waals surface area contributed by atoms with Crippen LogP contribution in [0.3, 0.4) is 0 Å². The van der Waals surface area contributed by atoms with E-state index >= 15 is 0 Å². The van der Waals surface area contributed by atoms with Crippen LogP contribution in [0, 0.1) is 5.92 Å². The maximum Gasteiger partial charge on any atom is 0.0589 e. The smallest absolute Gasteiger partial charge is 0.0589 e. The van der Waals surface area contributed by atoms with Crippen molar-refractivity contribution >= 4 is 0 Å². The van der Waals surface area contributed by atoms with Gasteiger partial charge in [-0.1, -0.05) is 25.1 Å². The monoisotopic (exact) mass is 245 g/mol. The summed E-state index contributed by atoms with van der Waals surface area (Å²) in [6.45, 7) is 4.68. The van der Waals surface area contributed by atoms with Crippen LogP contribution in [0.15, 0.2) is 18.2 Å². The number of hydrogen-bond donors (Lipinski definition) is 1. The van der Waals surface area contributed by atoms with E-state index in [9.17, 15) is 5.11 Å². The summed E-state index contributed by atoms with van der Waals surface area (Å²) in [6, 6.07) is 7.34. The largest absolute Gasteiger partial charge is 0.395 e. The number of fused-ring (bicyclic) bond motifs is 1. The summed E-state index contributed by atoms with van der Waals surface area (Å²) in [5, 5.41) is 9.50. The van der Waals surface area contributed by atoms with E-state index in [4.69, 9.17) is 0 Å². The topological polar surface area (TPSA) is 23.5 Å². The Bertz CT molecular complexity index is 429. The fourth-order valence-electron chi connectivity index (χ4n) is 3.54. The first kappa shape index (κ1) is 12.2. The summed E-state index contributed by atoms with van der Waals surface area (Å²) in [5.41, 5.74) is 4.52. The molecule has 1 aliphatic carbocycles. The van der Waals surface area contributed by atoms with Crippen molar-refractivity contribution in [1.82, 2.24) is 4.90 Å². The van der Waals surface area contributed by atoms with E-state index in [2.05, 4.69) is 30.0 Å². The first-order valence-corrected chi connectivity index (χ1v) is 7.23. The second-order valence-corrected chi connectivity index (χ2v) is 5.94. The standard InChI is InChI=1S/C16H23NO/c1-12-7-8-17(16(12)11-18)10-13-5-6-14-3-2-4-15(14)9-13/h5-6,9,12,16,18H,2-4,7-8,10-11H2,1H3. The Balaban J connectivity index is 1.73. The second-order valence-electron chi connectivity index (χ2n) is 5.94. The van der Waals surface area contributed by atoms with Crippen LogP contribution >= 0.6 is 0 Å². The summed E-state index contributed by atoms with van der Waals surface area (Å²) < 4.78 is 0. The third-order valence-electron chi connectivity index (χ3n) is 4.73. The first-order valence-electron chi connectivity index (χ1n) is 7.23. The molecule has 0 aromatic heterocycles. The van der Waals surface area contributed by atoms with Gasteiger partial charge in [-0.15, -0.1) is 0 Å². The number of rotatable bonds is 3. The van der Waals surface area contributed by atoms with Crippen LogP contribution in [-0.2, 0) is 19.4 Å². The molecule has 2 aliphatic rings. The molecule has 2 atom stereocenters. The van der Waals surface area contributed by atoms with Crippen LogP contribution in [0.5, 0.6) is 0 Å². The average Bonchev–Trinajstić information content (AvgIpc) is 2.96. The lowest BCUT2D eigenvalue weighted by Gasteiger charge is -2.25. The summed E-state index contributed by atoms with van der Waals surface area (Å²) >= 11 is 0. The predicted molar refractivity (Wildman–Crippen MR) is 73.5 cm³/mol. The molecule has 1 aromatic rings. The molecule has 1 heterocycles. The van der Waals surface area contributed by atoms with Gasteiger partial charge in [0.1, 0.15) is 0 Å². The van der Waals surface area contributed by atoms with Gasteiger partial charge in [0, 0.05) is 12.6 Å². The maximum absolute atomic E-state index is 9.50. The van der Waals surface area contributed by atoms with Crippen LogP contribution in [0.25, 0.3) is 0 Å². The quantitative estimate of drug-likeness (QED) is 0.884. The van der Waals surface area contributed by atoms with E-state index in [0.717, 1.165) is 13.1 Å². The van der Waals surface area contributed by atoms with Gasteiger partial charge in [0.25, 0.3) is 0 Å². The molecule has 0 radical (unpaired) electrons. The normalized spacial score (nSPS) is 27.7. The Kier molecular flexibility index (Phi) is 3.40. The Labute approximate surface area is 110 Å². The highest BCUT2D eigenvalue weighted by atomic mass is 16.3. The molecule has 1 aromatic carbocycles. The second kappa shape index (κ2) is 5.02. The number of aliphatic hydroxyl groups excluding tert-OH is 1. The molecule has 2 nitrogen and oxygen atoms in total. The van der Waals surface area contributed by atoms with Crippen molar-refractivity contribution in [3.05, 3.63) is 34.9 Å². The van der Waals surface area contributed by atoms with Crippen molar-refractivity contribution in [1.29, 1.82) is 0 Å². The third kappa shape index (κ3) is 2.19.